The molecule has 0 saturated carbocycles. The SMILES string of the molecule is COc1ccc(CO[C@@H](C[C@H](C)C[C@H](O[Si](C)(C)C(C)(C)C)[C@H](C)C(=O)O)C(C)(C)C)cc1. The van der Waals surface area contributed by atoms with E-state index < -0.39 is 20.2 Å². The largest absolute Gasteiger partial charge is 0.497 e. The van der Waals surface area contributed by atoms with Crippen LogP contribution in [0, 0.1) is 17.3 Å². The standard InChI is InChI=1S/C27H48O5Si/c1-19(16-23(20(2)25(28)29)32-33(10,11)27(6,7)8)17-24(26(3,4)5)31-18-21-12-14-22(30-9)15-13-21/h12-15,19-20,23-24H,16-18H2,1-11H3,(H,28,29)/t19-,20+,23+,24+/m1/s1. The maximum atomic E-state index is 11.8. The van der Waals surface area contributed by atoms with Crippen molar-refractivity contribution < 1.29 is 23.8 Å². The van der Waals surface area contributed by atoms with E-state index in [1.165, 1.54) is 0 Å². The summed E-state index contributed by atoms with van der Waals surface area (Å²) in [7, 11) is -0.430. The van der Waals surface area contributed by atoms with Crippen LogP contribution in [0.1, 0.15) is 73.8 Å². The first-order valence-corrected chi connectivity index (χ1v) is 15.0. The molecular formula is C27H48O5Si. The molecule has 0 amide bonds. The van der Waals surface area contributed by atoms with Gasteiger partial charge in [-0.15, -0.1) is 0 Å². The number of ether oxygens (including phenoxy) is 2. The lowest BCUT2D eigenvalue weighted by Gasteiger charge is -2.41. The Morgan fingerprint density at radius 2 is 1.55 bits per heavy atom. The van der Waals surface area contributed by atoms with Crippen LogP contribution in [0.25, 0.3) is 0 Å². The summed E-state index contributed by atoms with van der Waals surface area (Å²) in [6.07, 6.45) is 1.30. The van der Waals surface area contributed by atoms with E-state index >= 15 is 0 Å². The molecule has 33 heavy (non-hydrogen) atoms. The van der Waals surface area contributed by atoms with Crippen LogP contribution >= 0.6 is 0 Å². The maximum Gasteiger partial charge on any atom is 0.308 e. The molecule has 0 aliphatic carbocycles. The number of carboxylic acid groups (broad SMARTS) is 1. The number of aliphatic carboxylic acids is 1. The van der Waals surface area contributed by atoms with Crippen LogP contribution in [0.2, 0.25) is 18.1 Å². The number of carbonyl (C=O) groups is 1. The quantitative estimate of drug-likeness (QED) is 0.322. The molecule has 0 spiro atoms. The average molecular weight is 481 g/mol. The van der Waals surface area contributed by atoms with Crippen LogP contribution in [0.3, 0.4) is 0 Å². The number of benzene rings is 1. The Kier molecular flexibility index (Phi) is 10.7. The zero-order valence-electron chi connectivity index (χ0n) is 22.8. The molecule has 0 radical (unpaired) electrons. The number of carboxylic acids is 1. The fourth-order valence-electron chi connectivity index (χ4n) is 3.52. The summed E-state index contributed by atoms with van der Waals surface area (Å²) >= 11 is 0. The molecule has 0 heterocycles. The Morgan fingerprint density at radius 3 is 1.97 bits per heavy atom. The van der Waals surface area contributed by atoms with Gasteiger partial charge in [-0.2, -0.15) is 0 Å². The van der Waals surface area contributed by atoms with Gasteiger partial charge in [0.15, 0.2) is 8.32 Å². The number of rotatable bonds is 12. The fourth-order valence-corrected chi connectivity index (χ4v) is 4.93. The average Bonchev–Trinajstić information content (AvgIpc) is 2.68. The Labute approximate surface area is 203 Å². The third-order valence-corrected chi connectivity index (χ3v) is 11.5. The summed E-state index contributed by atoms with van der Waals surface area (Å²) in [6.45, 7) is 22.0. The van der Waals surface area contributed by atoms with E-state index in [1.807, 2.05) is 24.3 Å². The molecule has 190 valence electrons. The molecule has 0 unspecified atom stereocenters. The molecule has 0 bridgehead atoms. The van der Waals surface area contributed by atoms with Crippen molar-refractivity contribution in [1.29, 1.82) is 0 Å². The third kappa shape index (κ3) is 9.42. The van der Waals surface area contributed by atoms with Gasteiger partial charge >= 0.3 is 5.97 Å². The molecular weight excluding hydrogens is 432 g/mol. The second kappa shape index (κ2) is 11.9. The van der Waals surface area contributed by atoms with Crippen LogP contribution < -0.4 is 4.74 Å². The van der Waals surface area contributed by atoms with Crippen molar-refractivity contribution in [3.8, 4) is 5.75 Å². The Morgan fingerprint density at radius 1 is 1.00 bits per heavy atom. The lowest BCUT2D eigenvalue weighted by molar-refractivity contribution is -0.144. The van der Waals surface area contributed by atoms with E-state index in [0.717, 1.165) is 17.7 Å². The molecule has 6 heteroatoms. The molecule has 1 aromatic carbocycles. The first-order chi connectivity index (χ1) is 15.0. The summed E-state index contributed by atoms with van der Waals surface area (Å²) in [4.78, 5) is 11.8. The van der Waals surface area contributed by atoms with Gasteiger partial charge in [-0.05, 0) is 66.9 Å². The van der Waals surface area contributed by atoms with E-state index in [-0.39, 0.29) is 28.6 Å². The number of methoxy groups -OCH3 is 1. The maximum absolute atomic E-state index is 11.8. The van der Waals surface area contributed by atoms with Gasteiger partial charge in [0.05, 0.1) is 31.8 Å². The van der Waals surface area contributed by atoms with Crippen molar-refractivity contribution in [3.05, 3.63) is 29.8 Å². The number of hydrogen-bond donors (Lipinski definition) is 1. The van der Waals surface area contributed by atoms with E-state index in [2.05, 4.69) is 61.6 Å². The van der Waals surface area contributed by atoms with Crippen molar-refractivity contribution in [1.82, 2.24) is 0 Å². The normalized spacial score (nSPS) is 16.7. The molecule has 0 aliphatic rings. The van der Waals surface area contributed by atoms with Crippen LogP contribution in [-0.4, -0.2) is 38.7 Å². The summed E-state index contributed by atoms with van der Waals surface area (Å²) in [5, 5.41) is 9.76. The molecule has 1 aromatic rings. The van der Waals surface area contributed by atoms with Gasteiger partial charge in [0, 0.05) is 0 Å². The van der Waals surface area contributed by atoms with Crippen LogP contribution in [0.5, 0.6) is 5.75 Å². The van der Waals surface area contributed by atoms with Crippen molar-refractivity contribution in [3.63, 3.8) is 0 Å². The monoisotopic (exact) mass is 480 g/mol. The van der Waals surface area contributed by atoms with Crippen molar-refractivity contribution in [2.45, 2.75) is 105 Å². The van der Waals surface area contributed by atoms with Crippen LogP contribution in [0.15, 0.2) is 24.3 Å². The van der Waals surface area contributed by atoms with Gasteiger partial charge in [0.2, 0.25) is 0 Å². The second-order valence-corrected chi connectivity index (χ2v) is 16.9. The van der Waals surface area contributed by atoms with Gasteiger partial charge in [0.25, 0.3) is 0 Å². The lowest BCUT2D eigenvalue weighted by atomic mass is 9.81. The Balaban J connectivity index is 2.91. The van der Waals surface area contributed by atoms with E-state index in [0.29, 0.717) is 13.0 Å². The molecule has 5 nitrogen and oxygen atoms in total. The number of hydrogen-bond acceptors (Lipinski definition) is 4. The Bertz CT molecular complexity index is 730. The van der Waals surface area contributed by atoms with Crippen LogP contribution in [0.4, 0.5) is 0 Å². The minimum Gasteiger partial charge on any atom is -0.497 e. The highest BCUT2D eigenvalue weighted by molar-refractivity contribution is 6.74. The predicted molar refractivity (Wildman–Crippen MR) is 138 cm³/mol. The third-order valence-electron chi connectivity index (χ3n) is 7.03. The van der Waals surface area contributed by atoms with E-state index in [9.17, 15) is 9.90 Å². The van der Waals surface area contributed by atoms with Gasteiger partial charge < -0.3 is 19.0 Å². The summed E-state index contributed by atoms with van der Waals surface area (Å²) in [5.41, 5.74) is 1.07. The van der Waals surface area contributed by atoms with Gasteiger partial charge in [-0.3, -0.25) is 4.79 Å². The zero-order chi connectivity index (χ0) is 25.6. The smallest absolute Gasteiger partial charge is 0.308 e. The van der Waals surface area contributed by atoms with Crippen molar-refractivity contribution in [2.24, 2.45) is 17.3 Å². The molecule has 1 rings (SSSR count). The topological polar surface area (TPSA) is 65.0 Å². The van der Waals surface area contributed by atoms with Gasteiger partial charge in [-0.25, -0.2) is 0 Å². The Hall–Kier alpha value is -1.37. The molecule has 0 fully saturated rings. The van der Waals surface area contributed by atoms with Gasteiger partial charge in [0.1, 0.15) is 5.75 Å². The summed E-state index contributed by atoms with van der Waals surface area (Å²) in [5.74, 6) is -0.245. The lowest BCUT2D eigenvalue weighted by Crippen LogP contribution is -2.47. The minimum atomic E-state index is -2.09. The summed E-state index contributed by atoms with van der Waals surface area (Å²) in [6, 6.07) is 7.95. The summed E-state index contributed by atoms with van der Waals surface area (Å²) < 4.78 is 18.3. The van der Waals surface area contributed by atoms with Gasteiger partial charge in [-0.1, -0.05) is 60.6 Å². The predicted octanol–water partition coefficient (Wildman–Crippen LogP) is 7.15. The molecule has 4 atom stereocenters. The van der Waals surface area contributed by atoms with Crippen molar-refractivity contribution >= 4 is 14.3 Å². The zero-order valence-corrected chi connectivity index (χ0v) is 23.8. The molecule has 0 aliphatic heterocycles. The molecule has 1 N–H and O–H groups in total. The van der Waals surface area contributed by atoms with E-state index in [1.54, 1.807) is 14.0 Å². The highest BCUT2D eigenvalue weighted by atomic mass is 28.4. The first-order valence-electron chi connectivity index (χ1n) is 12.1. The minimum absolute atomic E-state index is 0.0299. The van der Waals surface area contributed by atoms with Crippen molar-refractivity contribution in [2.75, 3.05) is 7.11 Å². The second-order valence-electron chi connectivity index (χ2n) is 12.1. The van der Waals surface area contributed by atoms with Crippen LogP contribution in [-0.2, 0) is 20.6 Å². The highest BCUT2D eigenvalue weighted by Gasteiger charge is 2.41. The first kappa shape index (κ1) is 29.7. The molecule has 0 saturated heterocycles. The molecule has 0 aromatic heterocycles. The fraction of sp³-hybridized carbons (Fsp3) is 0.741. The van der Waals surface area contributed by atoms with E-state index in [4.69, 9.17) is 13.9 Å². The highest BCUT2D eigenvalue weighted by Crippen LogP contribution is 2.39.